The van der Waals surface area contributed by atoms with E-state index in [-0.39, 0.29) is 17.6 Å². The molecule has 3 nitrogen and oxygen atoms in total. The fourth-order valence-electron chi connectivity index (χ4n) is 3.93. The Morgan fingerprint density at radius 3 is 2.24 bits per heavy atom. The zero-order chi connectivity index (χ0) is 20.4. The minimum absolute atomic E-state index is 0.193. The van der Waals surface area contributed by atoms with Crippen LogP contribution in [0.15, 0.2) is 66.7 Å². The summed E-state index contributed by atoms with van der Waals surface area (Å²) in [5.74, 6) is 1.12. The van der Waals surface area contributed by atoms with Crippen LogP contribution in [0.3, 0.4) is 0 Å². The highest BCUT2D eigenvalue weighted by Crippen LogP contribution is 2.47. The quantitative estimate of drug-likeness (QED) is 0.526. The Morgan fingerprint density at radius 2 is 1.55 bits per heavy atom. The number of fused-ring (bicyclic) bond motifs is 1. The Morgan fingerprint density at radius 1 is 0.862 bits per heavy atom. The monoisotopic (exact) mass is 386 g/mol. The molecule has 4 rings (SSSR count). The van der Waals surface area contributed by atoms with Crippen molar-refractivity contribution in [2.75, 3.05) is 0 Å². The Bertz CT molecular complexity index is 1030. The van der Waals surface area contributed by atoms with Crippen LogP contribution in [0, 0.1) is 0 Å². The van der Waals surface area contributed by atoms with Gasteiger partial charge in [0.15, 0.2) is 0 Å². The molecule has 1 aliphatic rings. The lowest BCUT2D eigenvalue weighted by Crippen LogP contribution is -2.16. The molecule has 1 heterocycles. The van der Waals surface area contributed by atoms with Gasteiger partial charge in [0, 0.05) is 17.2 Å². The van der Waals surface area contributed by atoms with E-state index in [9.17, 15) is 10.2 Å². The predicted octanol–water partition coefficient (Wildman–Crippen LogP) is 6.50. The maximum Gasteiger partial charge on any atom is 0.150 e. The van der Waals surface area contributed by atoms with Gasteiger partial charge in [-0.05, 0) is 66.3 Å². The molecule has 0 spiro atoms. The van der Waals surface area contributed by atoms with Crippen molar-refractivity contribution in [1.29, 1.82) is 0 Å². The fourth-order valence-corrected chi connectivity index (χ4v) is 3.93. The number of benzene rings is 3. The molecule has 1 unspecified atom stereocenters. The summed E-state index contributed by atoms with van der Waals surface area (Å²) in [6.45, 7) is 4.29. The molecule has 0 aromatic heterocycles. The number of allylic oxidation sites excluding steroid dienone is 1. The van der Waals surface area contributed by atoms with Crippen LogP contribution in [0.1, 0.15) is 55.0 Å². The van der Waals surface area contributed by atoms with Gasteiger partial charge < -0.3 is 14.9 Å². The van der Waals surface area contributed by atoms with E-state index in [0.717, 1.165) is 34.3 Å². The second-order valence-electron chi connectivity index (χ2n) is 7.61. The summed E-state index contributed by atoms with van der Waals surface area (Å²) < 4.78 is 6.41. The molecule has 0 saturated heterocycles. The fraction of sp³-hybridized carbons (Fsp3) is 0.231. The first-order chi connectivity index (χ1) is 14.1. The number of hydrogen-bond donors (Lipinski definition) is 2. The molecule has 2 N–H and O–H groups in total. The molecular weight excluding hydrogens is 360 g/mol. The van der Waals surface area contributed by atoms with Crippen molar-refractivity contribution in [3.05, 3.63) is 89.0 Å². The maximum absolute atomic E-state index is 9.94. The van der Waals surface area contributed by atoms with Crippen molar-refractivity contribution in [3.8, 4) is 17.2 Å². The molecule has 148 valence electrons. The third-order valence-electron chi connectivity index (χ3n) is 5.56. The molecular formula is C26H26O3. The molecule has 0 fully saturated rings. The smallest absolute Gasteiger partial charge is 0.150 e. The molecule has 29 heavy (non-hydrogen) atoms. The maximum atomic E-state index is 9.94. The molecule has 3 heteroatoms. The summed E-state index contributed by atoms with van der Waals surface area (Å²) in [5, 5.41) is 19.7. The Hall–Kier alpha value is -3.20. The van der Waals surface area contributed by atoms with E-state index in [4.69, 9.17) is 4.74 Å². The minimum Gasteiger partial charge on any atom is -0.508 e. The van der Waals surface area contributed by atoms with E-state index in [1.54, 1.807) is 24.3 Å². The number of rotatable bonds is 5. The van der Waals surface area contributed by atoms with E-state index in [2.05, 4.69) is 38.1 Å². The van der Waals surface area contributed by atoms with Gasteiger partial charge in [0.1, 0.15) is 23.4 Å². The number of phenols is 2. The number of ether oxygens (including phenoxy) is 1. The van der Waals surface area contributed by atoms with Crippen molar-refractivity contribution in [2.45, 2.75) is 39.2 Å². The van der Waals surface area contributed by atoms with Crippen molar-refractivity contribution >= 4 is 11.1 Å². The van der Waals surface area contributed by atoms with Crippen LogP contribution >= 0.6 is 0 Å². The summed E-state index contributed by atoms with van der Waals surface area (Å²) in [6.07, 6.45) is 3.16. The first-order valence-corrected chi connectivity index (χ1v) is 10.2. The lowest BCUT2D eigenvalue weighted by molar-refractivity contribution is 0.259. The first-order valence-electron chi connectivity index (χ1n) is 10.2. The van der Waals surface area contributed by atoms with Gasteiger partial charge in [-0.25, -0.2) is 0 Å². The Labute approximate surface area is 171 Å². The summed E-state index contributed by atoms with van der Waals surface area (Å²) in [7, 11) is 0. The lowest BCUT2D eigenvalue weighted by Gasteiger charge is -2.31. The largest absolute Gasteiger partial charge is 0.508 e. The van der Waals surface area contributed by atoms with Crippen molar-refractivity contribution < 1.29 is 14.9 Å². The van der Waals surface area contributed by atoms with Gasteiger partial charge in [-0.3, -0.25) is 0 Å². The molecule has 1 atom stereocenters. The molecule has 0 amide bonds. The standard InChI is InChI=1S/C26H26O3/c1-3-4-5-18-6-8-20(9-7-18)26-25(19-10-12-21(27)13-11-19)17(2)23-15-14-22(28)16-24(23)29-26/h6-16,26-28H,3-5H2,1-2H3. The number of unbranched alkanes of at least 4 members (excludes halogenated alkanes) is 1. The number of aryl methyl sites for hydroxylation is 1. The molecule has 0 bridgehead atoms. The highest BCUT2D eigenvalue weighted by Gasteiger charge is 2.29. The minimum atomic E-state index is -0.283. The van der Waals surface area contributed by atoms with Crippen LogP contribution in [-0.2, 0) is 6.42 Å². The van der Waals surface area contributed by atoms with E-state index < -0.39 is 0 Å². The summed E-state index contributed by atoms with van der Waals surface area (Å²) in [6, 6.07) is 21.1. The van der Waals surface area contributed by atoms with Crippen molar-refractivity contribution in [2.24, 2.45) is 0 Å². The molecule has 1 aliphatic heterocycles. The van der Waals surface area contributed by atoms with Crippen LogP contribution in [0.4, 0.5) is 0 Å². The predicted molar refractivity (Wildman–Crippen MR) is 117 cm³/mol. The van der Waals surface area contributed by atoms with Crippen LogP contribution in [0.2, 0.25) is 0 Å². The number of phenolic OH excluding ortho intramolecular Hbond substituents is 2. The van der Waals surface area contributed by atoms with Gasteiger partial charge in [-0.2, -0.15) is 0 Å². The second-order valence-corrected chi connectivity index (χ2v) is 7.61. The Balaban J connectivity index is 1.80. The third-order valence-corrected chi connectivity index (χ3v) is 5.56. The SMILES string of the molecule is CCCCc1ccc(C2Oc3cc(O)ccc3C(C)=C2c2ccc(O)cc2)cc1. The van der Waals surface area contributed by atoms with Crippen molar-refractivity contribution in [3.63, 3.8) is 0 Å². The van der Waals surface area contributed by atoms with Crippen LogP contribution in [0.5, 0.6) is 17.2 Å². The average molecular weight is 386 g/mol. The summed E-state index contributed by atoms with van der Waals surface area (Å²) >= 11 is 0. The lowest BCUT2D eigenvalue weighted by atomic mass is 9.86. The number of hydrogen-bond acceptors (Lipinski definition) is 3. The van der Waals surface area contributed by atoms with Gasteiger partial charge in [0.25, 0.3) is 0 Å². The van der Waals surface area contributed by atoms with Gasteiger partial charge in [-0.15, -0.1) is 0 Å². The van der Waals surface area contributed by atoms with E-state index >= 15 is 0 Å². The van der Waals surface area contributed by atoms with Crippen LogP contribution in [0.25, 0.3) is 11.1 Å². The molecule has 3 aromatic carbocycles. The topological polar surface area (TPSA) is 49.7 Å². The third kappa shape index (κ3) is 3.86. The zero-order valence-corrected chi connectivity index (χ0v) is 16.9. The first kappa shape index (κ1) is 19.1. The summed E-state index contributed by atoms with van der Waals surface area (Å²) in [5.41, 5.74) is 6.57. The van der Waals surface area contributed by atoms with Gasteiger partial charge in [0.05, 0.1) is 0 Å². The average Bonchev–Trinajstić information content (AvgIpc) is 2.73. The normalized spacial score (nSPS) is 15.7. The van der Waals surface area contributed by atoms with Crippen molar-refractivity contribution in [1.82, 2.24) is 0 Å². The summed E-state index contributed by atoms with van der Waals surface area (Å²) in [4.78, 5) is 0. The van der Waals surface area contributed by atoms with E-state index in [1.165, 1.54) is 18.4 Å². The van der Waals surface area contributed by atoms with Gasteiger partial charge >= 0.3 is 0 Å². The highest BCUT2D eigenvalue weighted by molar-refractivity contribution is 5.95. The Kier molecular flexibility index (Phi) is 5.30. The van der Waals surface area contributed by atoms with Crippen LogP contribution < -0.4 is 4.74 Å². The van der Waals surface area contributed by atoms with E-state index in [0.29, 0.717) is 5.75 Å². The number of aromatic hydroxyl groups is 2. The highest BCUT2D eigenvalue weighted by atomic mass is 16.5. The second kappa shape index (κ2) is 8.04. The molecule has 0 saturated carbocycles. The molecule has 3 aromatic rings. The molecule has 0 radical (unpaired) electrons. The van der Waals surface area contributed by atoms with Crippen LogP contribution in [-0.4, -0.2) is 10.2 Å². The van der Waals surface area contributed by atoms with E-state index in [1.807, 2.05) is 18.2 Å². The van der Waals surface area contributed by atoms with Gasteiger partial charge in [-0.1, -0.05) is 49.7 Å². The zero-order valence-electron chi connectivity index (χ0n) is 16.9. The molecule has 0 aliphatic carbocycles. The van der Waals surface area contributed by atoms with Gasteiger partial charge in [0.2, 0.25) is 0 Å².